The normalized spacial score (nSPS) is 11.5. The van der Waals surface area contributed by atoms with Crippen LogP contribution >= 0.6 is 15.9 Å². The Bertz CT molecular complexity index is 476. The standard InChI is InChI=1S/C12H18BrNO3S/c1-17-10-9-14(8-7-13)11-5-3-4-6-12(11)18(2,15)16/h3-6H,7-10H2,1-2H3. The molecule has 18 heavy (non-hydrogen) atoms. The molecule has 1 rings (SSSR count). The van der Waals surface area contributed by atoms with Gasteiger partial charge in [0.15, 0.2) is 9.84 Å². The summed E-state index contributed by atoms with van der Waals surface area (Å²) in [6.07, 6.45) is 1.23. The molecule has 0 aliphatic rings. The molecule has 6 heteroatoms. The zero-order valence-corrected chi connectivity index (χ0v) is 13.0. The lowest BCUT2D eigenvalue weighted by molar-refractivity contribution is 0.205. The minimum Gasteiger partial charge on any atom is -0.383 e. The van der Waals surface area contributed by atoms with Gasteiger partial charge in [0.25, 0.3) is 0 Å². The molecule has 0 saturated carbocycles. The fourth-order valence-electron chi connectivity index (χ4n) is 1.69. The van der Waals surface area contributed by atoms with Gasteiger partial charge in [0.05, 0.1) is 17.2 Å². The highest BCUT2D eigenvalue weighted by atomic mass is 79.9. The van der Waals surface area contributed by atoms with Gasteiger partial charge in [-0.25, -0.2) is 8.42 Å². The molecule has 0 unspecified atom stereocenters. The molecule has 0 aromatic heterocycles. The maximum atomic E-state index is 11.8. The van der Waals surface area contributed by atoms with E-state index in [1.54, 1.807) is 19.2 Å². The third-order valence-corrected chi connectivity index (χ3v) is 4.02. The minimum absolute atomic E-state index is 0.363. The predicted octanol–water partition coefficient (Wildman–Crippen LogP) is 1.94. The van der Waals surface area contributed by atoms with Crippen LogP contribution in [0.15, 0.2) is 29.2 Å². The first-order chi connectivity index (χ1) is 8.50. The van der Waals surface area contributed by atoms with Crippen LogP contribution in [0.3, 0.4) is 0 Å². The Labute approximate surface area is 117 Å². The Morgan fingerprint density at radius 2 is 1.94 bits per heavy atom. The van der Waals surface area contributed by atoms with E-state index in [1.807, 2.05) is 17.0 Å². The molecule has 102 valence electrons. The zero-order chi connectivity index (χ0) is 13.6. The van der Waals surface area contributed by atoms with Gasteiger partial charge in [0.2, 0.25) is 0 Å². The predicted molar refractivity (Wildman–Crippen MR) is 77.4 cm³/mol. The number of sulfone groups is 1. The number of nitrogens with zero attached hydrogens (tertiary/aromatic N) is 1. The van der Waals surface area contributed by atoms with E-state index in [4.69, 9.17) is 4.74 Å². The fraction of sp³-hybridized carbons (Fsp3) is 0.500. The smallest absolute Gasteiger partial charge is 0.177 e. The summed E-state index contributed by atoms with van der Waals surface area (Å²) in [5, 5.41) is 0.773. The SMILES string of the molecule is COCCN(CCBr)c1ccccc1S(C)(=O)=O. The number of rotatable bonds is 7. The van der Waals surface area contributed by atoms with Crippen LogP contribution in [0.25, 0.3) is 0 Å². The van der Waals surface area contributed by atoms with Crippen LogP contribution in [0.5, 0.6) is 0 Å². The summed E-state index contributed by atoms with van der Waals surface area (Å²) in [4.78, 5) is 2.37. The van der Waals surface area contributed by atoms with Crippen LogP contribution in [-0.4, -0.2) is 46.8 Å². The monoisotopic (exact) mass is 335 g/mol. The third-order valence-electron chi connectivity index (χ3n) is 2.53. The number of halogens is 1. The Morgan fingerprint density at radius 3 is 2.50 bits per heavy atom. The van der Waals surface area contributed by atoms with Gasteiger partial charge in [-0.15, -0.1) is 0 Å². The Hall–Kier alpha value is -0.590. The van der Waals surface area contributed by atoms with Crippen LogP contribution in [0.4, 0.5) is 5.69 Å². The quantitative estimate of drug-likeness (QED) is 0.714. The third kappa shape index (κ3) is 4.26. The van der Waals surface area contributed by atoms with Crippen molar-refractivity contribution in [2.75, 3.05) is 43.3 Å². The van der Waals surface area contributed by atoms with E-state index >= 15 is 0 Å². The number of para-hydroxylation sites is 1. The number of anilines is 1. The maximum Gasteiger partial charge on any atom is 0.177 e. The van der Waals surface area contributed by atoms with Crippen LogP contribution in [0, 0.1) is 0 Å². The van der Waals surface area contributed by atoms with E-state index in [9.17, 15) is 8.42 Å². The van der Waals surface area contributed by atoms with E-state index in [-0.39, 0.29) is 0 Å². The average Bonchev–Trinajstić information content (AvgIpc) is 2.33. The highest BCUT2D eigenvalue weighted by molar-refractivity contribution is 9.09. The Morgan fingerprint density at radius 1 is 1.28 bits per heavy atom. The van der Waals surface area contributed by atoms with Crippen molar-refractivity contribution in [1.82, 2.24) is 0 Å². The van der Waals surface area contributed by atoms with Crippen molar-refractivity contribution in [1.29, 1.82) is 0 Å². The molecule has 0 bridgehead atoms. The van der Waals surface area contributed by atoms with Crippen LogP contribution < -0.4 is 4.90 Å². The van der Waals surface area contributed by atoms with Crippen molar-refractivity contribution in [2.24, 2.45) is 0 Å². The molecule has 0 radical (unpaired) electrons. The first-order valence-electron chi connectivity index (χ1n) is 5.59. The van der Waals surface area contributed by atoms with E-state index in [0.717, 1.165) is 17.6 Å². The van der Waals surface area contributed by atoms with E-state index < -0.39 is 9.84 Å². The summed E-state index contributed by atoms with van der Waals surface area (Å²) in [5.74, 6) is 0. The molecule has 1 aromatic rings. The number of ether oxygens (including phenoxy) is 1. The molecule has 0 aliphatic carbocycles. The topological polar surface area (TPSA) is 46.6 Å². The number of alkyl halides is 1. The van der Waals surface area contributed by atoms with Gasteiger partial charge in [-0.1, -0.05) is 28.1 Å². The van der Waals surface area contributed by atoms with Gasteiger partial charge in [-0.05, 0) is 12.1 Å². The number of benzene rings is 1. The molecule has 0 heterocycles. The molecule has 0 N–H and O–H groups in total. The average molecular weight is 336 g/mol. The lowest BCUT2D eigenvalue weighted by atomic mass is 10.3. The zero-order valence-electron chi connectivity index (χ0n) is 10.6. The van der Waals surface area contributed by atoms with Crippen molar-refractivity contribution >= 4 is 31.5 Å². The molecule has 0 spiro atoms. The lowest BCUT2D eigenvalue weighted by Gasteiger charge is -2.25. The molecule has 4 nitrogen and oxygen atoms in total. The highest BCUT2D eigenvalue weighted by Crippen LogP contribution is 2.24. The molecular weight excluding hydrogens is 318 g/mol. The Balaban J connectivity index is 3.11. The first kappa shape index (κ1) is 15.5. The van der Waals surface area contributed by atoms with E-state index in [1.165, 1.54) is 6.26 Å². The highest BCUT2D eigenvalue weighted by Gasteiger charge is 2.17. The molecule has 0 atom stereocenters. The summed E-state index contributed by atoms with van der Waals surface area (Å²) >= 11 is 3.38. The molecular formula is C12H18BrNO3S. The van der Waals surface area contributed by atoms with Gasteiger partial charge in [-0.3, -0.25) is 0 Å². The van der Waals surface area contributed by atoms with E-state index in [0.29, 0.717) is 18.0 Å². The molecule has 0 saturated heterocycles. The summed E-state index contributed by atoms with van der Waals surface area (Å²) in [6.45, 7) is 1.95. The van der Waals surface area contributed by atoms with Crippen LogP contribution in [0.1, 0.15) is 0 Å². The van der Waals surface area contributed by atoms with Gasteiger partial charge in [0, 0.05) is 31.8 Å². The number of hydrogen-bond donors (Lipinski definition) is 0. The number of hydrogen-bond acceptors (Lipinski definition) is 4. The largest absolute Gasteiger partial charge is 0.383 e. The molecule has 0 fully saturated rings. The minimum atomic E-state index is -3.22. The van der Waals surface area contributed by atoms with Crippen molar-refractivity contribution in [3.63, 3.8) is 0 Å². The van der Waals surface area contributed by atoms with Crippen molar-refractivity contribution < 1.29 is 13.2 Å². The second-order valence-corrected chi connectivity index (χ2v) is 6.69. The van der Waals surface area contributed by atoms with Crippen molar-refractivity contribution in [3.05, 3.63) is 24.3 Å². The van der Waals surface area contributed by atoms with Crippen LogP contribution in [0.2, 0.25) is 0 Å². The molecule has 0 aliphatic heterocycles. The summed E-state index contributed by atoms with van der Waals surface area (Å²) in [7, 11) is -1.59. The van der Waals surface area contributed by atoms with Gasteiger partial charge in [0.1, 0.15) is 0 Å². The molecule has 0 amide bonds. The fourth-order valence-corrected chi connectivity index (χ4v) is 3.02. The maximum absolute atomic E-state index is 11.8. The van der Waals surface area contributed by atoms with Gasteiger partial charge < -0.3 is 9.64 Å². The summed E-state index contributed by atoms with van der Waals surface area (Å²) in [6, 6.07) is 7.05. The first-order valence-corrected chi connectivity index (χ1v) is 8.61. The van der Waals surface area contributed by atoms with Crippen LogP contribution in [-0.2, 0) is 14.6 Å². The lowest BCUT2D eigenvalue weighted by Crippen LogP contribution is -2.30. The second kappa shape index (κ2) is 7.11. The summed E-state index contributed by atoms with van der Waals surface area (Å²) in [5.41, 5.74) is 0.733. The van der Waals surface area contributed by atoms with Crippen molar-refractivity contribution in [3.8, 4) is 0 Å². The van der Waals surface area contributed by atoms with E-state index in [2.05, 4.69) is 15.9 Å². The van der Waals surface area contributed by atoms with Gasteiger partial charge in [-0.2, -0.15) is 0 Å². The number of methoxy groups -OCH3 is 1. The second-order valence-electron chi connectivity index (χ2n) is 3.91. The summed E-state index contributed by atoms with van der Waals surface area (Å²) < 4.78 is 28.6. The van der Waals surface area contributed by atoms with Crippen molar-refractivity contribution in [2.45, 2.75) is 4.90 Å². The molecule has 1 aromatic carbocycles. The van der Waals surface area contributed by atoms with Gasteiger partial charge >= 0.3 is 0 Å². The Kier molecular flexibility index (Phi) is 6.11.